The molecule has 0 aliphatic heterocycles. The maximum Gasteiger partial charge on any atom is 0.266 e. The predicted octanol–water partition coefficient (Wildman–Crippen LogP) is -0.283. The SMILES string of the molecule is [B]c1ccc2[nH]c(=O)cnc2c1. The molecule has 0 aliphatic rings. The Bertz CT molecular complexity index is 478. The summed E-state index contributed by atoms with van der Waals surface area (Å²) in [6.07, 6.45) is 1.24. The molecule has 0 atom stereocenters. The minimum Gasteiger partial charge on any atom is -0.319 e. The van der Waals surface area contributed by atoms with Crippen molar-refractivity contribution in [3.8, 4) is 0 Å². The minimum absolute atomic E-state index is 0.202. The molecule has 4 heteroatoms. The number of benzene rings is 1. The highest BCUT2D eigenvalue weighted by atomic mass is 16.1. The number of nitrogens with one attached hydrogen (secondary N) is 1. The van der Waals surface area contributed by atoms with Crippen LogP contribution < -0.4 is 11.0 Å². The lowest BCUT2D eigenvalue weighted by atomic mass is 9.96. The van der Waals surface area contributed by atoms with Crippen LogP contribution in [0.15, 0.2) is 29.2 Å². The minimum atomic E-state index is -0.202. The van der Waals surface area contributed by atoms with Crippen LogP contribution in [0.3, 0.4) is 0 Å². The Morgan fingerprint density at radius 1 is 1.42 bits per heavy atom. The van der Waals surface area contributed by atoms with E-state index in [9.17, 15) is 4.79 Å². The summed E-state index contributed by atoms with van der Waals surface area (Å²) < 4.78 is 0. The second kappa shape index (κ2) is 2.48. The molecule has 0 fully saturated rings. The molecule has 1 N–H and O–H groups in total. The Hall–Kier alpha value is -1.58. The molecule has 12 heavy (non-hydrogen) atoms. The summed E-state index contributed by atoms with van der Waals surface area (Å²) in [5, 5.41) is 0. The molecule has 1 aromatic heterocycles. The summed E-state index contributed by atoms with van der Waals surface area (Å²) in [4.78, 5) is 17.4. The van der Waals surface area contributed by atoms with Gasteiger partial charge in [-0.3, -0.25) is 4.79 Å². The van der Waals surface area contributed by atoms with Crippen molar-refractivity contribution in [3.05, 3.63) is 34.7 Å². The van der Waals surface area contributed by atoms with Gasteiger partial charge in [-0.15, -0.1) is 0 Å². The largest absolute Gasteiger partial charge is 0.319 e. The Kier molecular flexibility index (Phi) is 1.47. The van der Waals surface area contributed by atoms with E-state index in [0.717, 1.165) is 0 Å². The molecule has 0 bridgehead atoms. The van der Waals surface area contributed by atoms with Gasteiger partial charge in [0.15, 0.2) is 0 Å². The molecule has 3 nitrogen and oxygen atoms in total. The van der Waals surface area contributed by atoms with E-state index >= 15 is 0 Å². The van der Waals surface area contributed by atoms with Gasteiger partial charge in [0.1, 0.15) is 7.85 Å². The fourth-order valence-electron chi connectivity index (χ4n) is 1.05. The third-order valence-electron chi connectivity index (χ3n) is 1.60. The molecule has 56 valence electrons. The average Bonchev–Trinajstić information content (AvgIpc) is 2.05. The molecule has 2 radical (unpaired) electrons. The fourth-order valence-corrected chi connectivity index (χ4v) is 1.05. The molecular formula is C8H5BN2O. The maximum atomic E-state index is 10.8. The molecule has 2 rings (SSSR count). The highest BCUT2D eigenvalue weighted by Crippen LogP contribution is 2.01. The van der Waals surface area contributed by atoms with E-state index in [1.807, 2.05) is 0 Å². The molecule has 0 spiro atoms. The molecule has 0 saturated heterocycles. The van der Waals surface area contributed by atoms with Gasteiger partial charge in [0.25, 0.3) is 5.56 Å². The summed E-state index contributed by atoms with van der Waals surface area (Å²) in [6, 6.07) is 5.17. The zero-order valence-electron chi connectivity index (χ0n) is 6.24. The number of hydrogen-bond donors (Lipinski definition) is 1. The van der Waals surface area contributed by atoms with Crippen molar-refractivity contribution >= 4 is 24.3 Å². The van der Waals surface area contributed by atoms with Gasteiger partial charge in [0.05, 0.1) is 17.2 Å². The second-order valence-corrected chi connectivity index (χ2v) is 2.52. The van der Waals surface area contributed by atoms with Crippen LogP contribution in [0.4, 0.5) is 0 Å². The first kappa shape index (κ1) is 7.09. The highest BCUT2D eigenvalue weighted by Gasteiger charge is 1.93. The van der Waals surface area contributed by atoms with E-state index in [1.54, 1.807) is 18.2 Å². The first-order valence-electron chi connectivity index (χ1n) is 3.50. The van der Waals surface area contributed by atoms with Crippen molar-refractivity contribution in [2.24, 2.45) is 0 Å². The number of hydrogen-bond acceptors (Lipinski definition) is 2. The topological polar surface area (TPSA) is 45.8 Å². The van der Waals surface area contributed by atoms with Crippen molar-refractivity contribution in [3.63, 3.8) is 0 Å². The smallest absolute Gasteiger partial charge is 0.266 e. The lowest BCUT2D eigenvalue weighted by Gasteiger charge is -1.96. The monoisotopic (exact) mass is 156 g/mol. The van der Waals surface area contributed by atoms with Crippen molar-refractivity contribution in [1.82, 2.24) is 9.97 Å². The maximum absolute atomic E-state index is 10.8. The molecular weight excluding hydrogens is 151 g/mol. The van der Waals surface area contributed by atoms with Gasteiger partial charge in [-0.25, -0.2) is 4.98 Å². The number of aromatic amines is 1. The van der Waals surface area contributed by atoms with Gasteiger partial charge < -0.3 is 4.98 Å². The van der Waals surface area contributed by atoms with Crippen molar-refractivity contribution in [2.75, 3.05) is 0 Å². The molecule has 0 aliphatic carbocycles. The van der Waals surface area contributed by atoms with Crippen LogP contribution in [0.25, 0.3) is 11.0 Å². The summed E-state index contributed by atoms with van der Waals surface area (Å²) in [5.74, 6) is 0. The van der Waals surface area contributed by atoms with E-state index in [2.05, 4.69) is 9.97 Å². The third-order valence-corrected chi connectivity index (χ3v) is 1.60. The number of rotatable bonds is 0. The van der Waals surface area contributed by atoms with E-state index in [0.29, 0.717) is 16.5 Å². The molecule has 0 amide bonds. The van der Waals surface area contributed by atoms with Crippen molar-refractivity contribution in [1.29, 1.82) is 0 Å². The van der Waals surface area contributed by atoms with Crippen LogP contribution in [0.2, 0.25) is 0 Å². The number of aromatic nitrogens is 2. The summed E-state index contributed by atoms with van der Waals surface area (Å²) in [6.45, 7) is 0. The van der Waals surface area contributed by atoms with Crippen LogP contribution in [0, 0.1) is 0 Å². The van der Waals surface area contributed by atoms with E-state index in [1.165, 1.54) is 6.20 Å². The lowest BCUT2D eigenvalue weighted by Crippen LogP contribution is -2.07. The molecule has 2 aromatic rings. The van der Waals surface area contributed by atoms with E-state index < -0.39 is 0 Å². The number of nitrogens with zero attached hydrogens (tertiary/aromatic N) is 1. The van der Waals surface area contributed by atoms with Crippen LogP contribution in [0.1, 0.15) is 0 Å². The zero-order valence-corrected chi connectivity index (χ0v) is 6.24. The van der Waals surface area contributed by atoms with Gasteiger partial charge in [-0.05, 0) is 12.1 Å². The van der Waals surface area contributed by atoms with E-state index in [-0.39, 0.29) is 5.56 Å². The Balaban J connectivity index is 2.87. The van der Waals surface area contributed by atoms with Gasteiger partial charge in [-0.2, -0.15) is 0 Å². The lowest BCUT2D eigenvalue weighted by molar-refractivity contribution is 1.22. The standard InChI is InChI=1S/C8H5BN2O/c9-5-1-2-6-7(3-5)10-4-8(12)11-6/h1-4H,(H,11,12). The predicted molar refractivity (Wildman–Crippen MR) is 47.8 cm³/mol. The number of fused-ring (bicyclic) bond motifs is 1. The highest BCUT2D eigenvalue weighted by molar-refractivity contribution is 6.33. The van der Waals surface area contributed by atoms with Crippen LogP contribution in [-0.4, -0.2) is 17.8 Å². The second-order valence-electron chi connectivity index (χ2n) is 2.52. The average molecular weight is 156 g/mol. The summed E-state index contributed by atoms with van der Waals surface area (Å²) in [5.41, 5.74) is 1.85. The zero-order chi connectivity index (χ0) is 8.55. The molecule has 1 heterocycles. The Morgan fingerprint density at radius 2 is 2.25 bits per heavy atom. The van der Waals surface area contributed by atoms with Crippen molar-refractivity contribution in [2.45, 2.75) is 0 Å². The van der Waals surface area contributed by atoms with Gasteiger partial charge in [0.2, 0.25) is 0 Å². The molecule has 0 unspecified atom stereocenters. The van der Waals surface area contributed by atoms with E-state index in [4.69, 9.17) is 7.85 Å². The van der Waals surface area contributed by atoms with Crippen LogP contribution in [-0.2, 0) is 0 Å². The Morgan fingerprint density at radius 3 is 3.08 bits per heavy atom. The van der Waals surface area contributed by atoms with Gasteiger partial charge in [-0.1, -0.05) is 11.5 Å². The van der Waals surface area contributed by atoms with Crippen LogP contribution in [0.5, 0.6) is 0 Å². The number of H-pyrrole nitrogens is 1. The van der Waals surface area contributed by atoms with Gasteiger partial charge in [0, 0.05) is 0 Å². The molecule has 1 aromatic carbocycles. The summed E-state index contributed by atoms with van der Waals surface area (Å²) in [7, 11) is 5.53. The quantitative estimate of drug-likeness (QED) is 0.533. The van der Waals surface area contributed by atoms with Crippen LogP contribution >= 0.6 is 0 Å². The van der Waals surface area contributed by atoms with Gasteiger partial charge >= 0.3 is 0 Å². The van der Waals surface area contributed by atoms with Crippen molar-refractivity contribution < 1.29 is 0 Å². The first-order valence-corrected chi connectivity index (χ1v) is 3.50. The first-order chi connectivity index (χ1) is 5.75. The fraction of sp³-hybridized carbons (Fsp3) is 0. The summed E-state index contributed by atoms with van der Waals surface area (Å²) >= 11 is 0. The molecule has 0 saturated carbocycles. The Labute approximate surface area is 69.9 Å². The normalized spacial score (nSPS) is 10.3. The third kappa shape index (κ3) is 1.11.